The van der Waals surface area contributed by atoms with Gasteiger partial charge < -0.3 is 15.4 Å². The lowest BCUT2D eigenvalue weighted by Crippen LogP contribution is -2.28. The highest BCUT2D eigenvalue weighted by Gasteiger charge is 1.75. The van der Waals surface area contributed by atoms with Gasteiger partial charge in [-0.1, -0.05) is 0 Å². The molecule has 0 unspecified atom stereocenters. The molecule has 0 bridgehead atoms. The van der Waals surface area contributed by atoms with Crippen molar-refractivity contribution in [2.45, 2.75) is 13.8 Å². The van der Waals surface area contributed by atoms with E-state index < -0.39 is 0 Å². The van der Waals surface area contributed by atoms with E-state index in [-0.39, 0.29) is 5.78 Å². The first kappa shape index (κ1) is 18.9. The number of carbonyl (C=O) groups excluding carboxylic acids is 1. The van der Waals surface area contributed by atoms with Crippen LogP contribution in [0, 0.1) is 0 Å². The summed E-state index contributed by atoms with van der Waals surface area (Å²) < 4.78 is 0. The monoisotopic (exact) mass is 235 g/mol. The molecule has 0 aliphatic heterocycles. The molecule has 0 aromatic heterocycles. The number of nitrogens with one attached hydrogen (secondary N) is 2. The van der Waals surface area contributed by atoms with Crippen molar-refractivity contribution in [2.24, 2.45) is 4.99 Å². The zero-order valence-electron chi connectivity index (χ0n) is 9.17. The fraction of sp³-hybridized carbons (Fsp3) is 0.625. The molecule has 0 rings (SSSR count). The molecular formula is C8H17N3OS2. The molecule has 0 aliphatic rings. The van der Waals surface area contributed by atoms with Crippen molar-refractivity contribution in [3.63, 3.8) is 0 Å². The van der Waals surface area contributed by atoms with Crippen LogP contribution in [0.4, 0.5) is 0 Å². The smallest absolute Gasteiger partial charge is 0.165 e. The maximum absolute atomic E-state index is 9.44. The third-order valence-corrected chi connectivity index (χ3v) is 1.14. The zero-order valence-corrected chi connectivity index (χ0v) is 10.8. The van der Waals surface area contributed by atoms with Crippen LogP contribution in [0.5, 0.6) is 0 Å². The second-order valence-electron chi connectivity index (χ2n) is 2.05. The fourth-order valence-corrected chi connectivity index (χ4v) is 0.125. The van der Waals surface area contributed by atoms with Crippen molar-refractivity contribution in [3.8, 4) is 0 Å². The van der Waals surface area contributed by atoms with Gasteiger partial charge in [0.05, 0.1) is 5.16 Å². The number of carbonyl (C=O) groups is 1. The number of aliphatic imine (C=N–C) groups is 1. The van der Waals surface area contributed by atoms with E-state index in [1.807, 2.05) is 0 Å². The molecule has 0 saturated carbocycles. The summed E-state index contributed by atoms with van der Waals surface area (Å²) in [4.78, 5) is 12.7. The van der Waals surface area contributed by atoms with Gasteiger partial charge in [0.25, 0.3) is 0 Å². The number of hydrogen-bond acceptors (Lipinski definition) is 4. The van der Waals surface area contributed by atoms with Gasteiger partial charge in [0.1, 0.15) is 5.78 Å². The van der Waals surface area contributed by atoms with Gasteiger partial charge in [-0.25, -0.2) is 4.99 Å². The van der Waals surface area contributed by atoms with Gasteiger partial charge in [0, 0.05) is 21.1 Å². The molecule has 6 heteroatoms. The van der Waals surface area contributed by atoms with Crippen LogP contribution in [-0.4, -0.2) is 37.2 Å². The van der Waals surface area contributed by atoms with Crippen LogP contribution >= 0.6 is 24.4 Å². The number of ketones is 1. The Kier molecular flexibility index (Phi) is 24.3. The summed E-state index contributed by atoms with van der Waals surface area (Å²) >= 11 is 8.77. The Morgan fingerprint density at radius 3 is 1.50 bits per heavy atom. The van der Waals surface area contributed by atoms with Gasteiger partial charge in [-0.3, -0.25) is 0 Å². The summed E-state index contributed by atoms with van der Waals surface area (Å²) in [6.07, 6.45) is 0. The number of rotatable bonds is 0. The van der Waals surface area contributed by atoms with Gasteiger partial charge in [0.15, 0.2) is 5.11 Å². The van der Waals surface area contributed by atoms with E-state index in [9.17, 15) is 4.79 Å². The van der Waals surface area contributed by atoms with Crippen molar-refractivity contribution in [3.05, 3.63) is 0 Å². The van der Waals surface area contributed by atoms with Crippen LogP contribution in [0.1, 0.15) is 13.8 Å². The van der Waals surface area contributed by atoms with E-state index in [0.29, 0.717) is 5.11 Å². The predicted molar refractivity (Wildman–Crippen MR) is 68.0 cm³/mol. The lowest BCUT2D eigenvalue weighted by Gasteiger charge is -1.95. The van der Waals surface area contributed by atoms with Crippen molar-refractivity contribution < 1.29 is 4.79 Å². The molecular weight excluding hydrogens is 218 g/mol. The van der Waals surface area contributed by atoms with Gasteiger partial charge in [0.2, 0.25) is 0 Å². The van der Waals surface area contributed by atoms with E-state index in [1.54, 1.807) is 21.1 Å². The molecule has 0 aromatic carbocycles. The summed E-state index contributed by atoms with van der Waals surface area (Å²) in [5.41, 5.74) is 0. The van der Waals surface area contributed by atoms with Crippen LogP contribution in [0.15, 0.2) is 4.99 Å². The SMILES string of the molecule is CC(C)=O.CN=C=S.CNC(=S)NC. The highest BCUT2D eigenvalue weighted by Crippen LogP contribution is 1.52. The Morgan fingerprint density at radius 1 is 1.29 bits per heavy atom. The summed E-state index contributed by atoms with van der Waals surface area (Å²) in [7, 11) is 5.14. The standard InChI is InChI=1S/C3H8N2S.C3H6O.C2H3NS/c1-4-3(6)5-2;1-3(2)4;1-3-2-4/h1-2H3,(H2,4,5,6);1-2H3;1H3. The molecule has 0 fully saturated rings. The second-order valence-corrected chi connectivity index (χ2v) is 2.64. The molecule has 0 amide bonds. The Bertz CT molecular complexity index is 191. The molecule has 4 nitrogen and oxygen atoms in total. The quantitative estimate of drug-likeness (QED) is 0.485. The first-order valence-corrected chi connectivity index (χ1v) is 4.60. The zero-order chi connectivity index (χ0) is 12.0. The van der Waals surface area contributed by atoms with Gasteiger partial charge in [-0.2, -0.15) is 0 Å². The van der Waals surface area contributed by atoms with Crippen LogP contribution in [0.25, 0.3) is 0 Å². The molecule has 0 heterocycles. The van der Waals surface area contributed by atoms with Crippen LogP contribution in [0.3, 0.4) is 0 Å². The molecule has 82 valence electrons. The van der Waals surface area contributed by atoms with E-state index in [1.165, 1.54) is 13.8 Å². The summed E-state index contributed by atoms with van der Waals surface area (Å²) in [5, 5.41) is 8.28. The van der Waals surface area contributed by atoms with Gasteiger partial charge in [-0.15, -0.1) is 0 Å². The maximum Gasteiger partial charge on any atom is 0.165 e. The van der Waals surface area contributed by atoms with Crippen molar-refractivity contribution in [2.75, 3.05) is 21.1 Å². The molecule has 0 saturated heterocycles. The van der Waals surface area contributed by atoms with Crippen LogP contribution < -0.4 is 10.6 Å². The molecule has 0 aliphatic carbocycles. The van der Waals surface area contributed by atoms with Crippen molar-refractivity contribution in [1.82, 2.24) is 10.6 Å². The molecule has 0 radical (unpaired) electrons. The average Bonchev–Trinajstić information content (AvgIpc) is 2.16. The van der Waals surface area contributed by atoms with E-state index in [2.05, 4.69) is 45.2 Å². The molecule has 0 aromatic rings. The van der Waals surface area contributed by atoms with Crippen molar-refractivity contribution in [1.29, 1.82) is 0 Å². The van der Waals surface area contributed by atoms with Crippen LogP contribution in [0.2, 0.25) is 0 Å². The fourth-order valence-electron chi connectivity index (χ4n) is 0.125. The Labute approximate surface area is 96.2 Å². The molecule has 0 atom stereocenters. The highest BCUT2D eigenvalue weighted by molar-refractivity contribution is 7.80. The van der Waals surface area contributed by atoms with Gasteiger partial charge in [-0.05, 0) is 38.3 Å². The predicted octanol–water partition coefficient (Wildman–Crippen LogP) is 1.02. The minimum absolute atomic E-state index is 0.167. The van der Waals surface area contributed by atoms with E-state index >= 15 is 0 Å². The number of nitrogens with zero attached hydrogens (tertiary/aromatic N) is 1. The van der Waals surface area contributed by atoms with Crippen LogP contribution in [-0.2, 0) is 4.79 Å². The highest BCUT2D eigenvalue weighted by atomic mass is 32.1. The molecule has 14 heavy (non-hydrogen) atoms. The first-order chi connectivity index (χ1) is 6.45. The Hall–Kier alpha value is -0.840. The minimum Gasteiger partial charge on any atom is -0.366 e. The average molecular weight is 235 g/mol. The Balaban J connectivity index is -0.000000135. The number of Topliss-reactive ketones (excluding diaryl/α,β-unsaturated/α-hetero) is 1. The first-order valence-electron chi connectivity index (χ1n) is 3.78. The summed E-state index contributed by atoms with van der Waals surface area (Å²) in [5.74, 6) is 0.167. The Morgan fingerprint density at radius 2 is 1.50 bits per heavy atom. The lowest BCUT2D eigenvalue weighted by molar-refractivity contribution is -0.114. The topological polar surface area (TPSA) is 53.5 Å². The summed E-state index contributed by atoms with van der Waals surface area (Å²) in [6.45, 7) is 3.06. The summed E-state index contributed by atoms with van der Waals surface area (Å²) in [6, 6.07) is 0. The third kappa shape index (κ3) is 66.6. The number of isothiocyanates is 1. The van der Waals surface area contributed by atoms with Crippen molar-refractivity contribution >= 4 is 40.5 Å². The largest absolute Gasteiger partial charge is 0.366 e. The number of hydrogen-bond donors (Lipinski definition) is 2. The molecule has 2 N–H and O–H groups in total. The maximum atomic E-state index is 9.44. The third-order valence-electron chi connectivity index (χ3n) is 0.545. The number of thiocarbonyl (C=S) groups is 2. The normalized spacial score (nSPS) is 6.07. The second kappa shape index (κ2) is 18.0. The van der Waals surface area contributed by atoms with Gasteiger partial charge >= 0.3 is 0 Å². The minimum atomic E-state index is 0.167. The molecule has 0 spiro atoms. The van der Waals surface area contributed by atoms with E-state index in [4.69, 9.17) is 0 Å². The lowest BCUT2D eigenvalue weighted by atomic mass is 10.6. The van der Waals surface area contributed by atoms with E-state index in [0.717, 1.165) is 0 Å².